The van der Waals surface area contributed by atoms with Crippen LogP contribution in [0.2, 0.25) is 0 Å². The van der Waals surface area contributed by atoms with Crippen molar-refractivity contribution in [1.82, 2.24) is 10.2 Å². The van der Waals surface area contributed by atoms with Crippen molar-refractivity contribution in [3.63, 3.8) is 0 Å². The largest absolute Gasteiger partial charge is 0.396 e. The van der Waals surface area contributed by atoms with Crippen LogP contribution in [0.3, 0.4) is 0 Å². The fraction of sp³-hybridized carbons (Fsp3) is 0.667. The van der Waals surface area contributed by atoms with Crippen molar-refractivity contribution in [1.29, 1.82) is 0 Å². The number of nitrogens with one attached hydrogen (secondary N) is 2. The molecule has 3 heterocycles. The van der Waals surface area contributed by atoms with Crippen LogP contribution in [-0.4, -0.2) is 62.5 Å². The molecule has 0 radical (unpaired) electrons. The topological polar surface area (TPSA) is 98.7 Å². The van der Waals surface area contributed by atoms with Gasteiger partial charge in [-0.05, 0) is 58.1 Å². The Labute approximate surface area is 212 Å². The Morgan fingerprint density at radius 1 is 1.11 bits per heavy atom. The monoisotopic (exact) mass is 501 g/mol. The van der Waals surface area contributed by atoms with E-state index in [0.717, 1.165) is 37.8 Å². The van der Waals surface area contributed by atoms with Crippen LogP contribution in [0.5, 0.6) is 0 Å². The van der Waals surface area contributed by atoms with E-state index >= 15 is 0 Å². The summed E-state index contributed by atoms with van der Waals surface area (Å²) in [6.45, 7) is 8.66. The third kappa shape index (κ3) is 4.84. The van der Waals surface area contributed by atoms with E-state index < -0.39 is 28.2 Å². The summed E-state index contributed by atoms with van der Waals surface area (Å²) in [4.78, 5) is 43.0. The number of carbonyl (C=O) groups is 3. The molecule has 6 atom stereocenters. The number of likely N-dealkylation sites (tertiary alicyclic amines) is 1. The van der Waals surface area contributed by atoms with Crippen molar-refractivity contribution < 1.29 is 19.5 Å². The molecule has 3 saturated heterocycles. The van der Waals surface area contributed by atoms with E-state index in [0.29, 0.717) is 6.54 Å². The zero-order chi connectivity index (χ0) is 25.4. The maximum atomic E-state index is 14.0. The second-order valence-electron chi connectivity index (χ2n) is 11.3. The molecule has 1 aromatic rings. The number of para-hydroxylation sites is 1. The molecule has 8 heteroatoms. The van der Waals surface area contributed by atoms with Crippen LogP contribution in [0.4, 0.5) is 5.69 Å². The number of rotatable bonds is 9. The van der Waals surface area contributed by atoms with E-state index in [1.807, 2.05) is 51.1 Å². The predicted octanol–water partition coefficient (Wildman–Crippen LogP) is 3.43. The van der Waals surface area contributed by atoms with Crippen LogP contribution in [0.15, 0.2) is 30.3 Å². The number of aliphatic hydroxyl groups excluding tert-OH is 1. The summed E-state index contributed by atoms with van der Waals surface area (Å²) in [5.41, 5.74) is 0.302. The van der Waals surface area contributed by atoms with E-state index in [1.165, 1.54) is 0 Å². The van der Waals surface area contributed by atoms with Gasteiger partial charge < -0.3 is 20.6 Å². The maximum absolute atomic E-state index is 14.0. The Kier molecular flexibility index (Phi) is 7.53. The first-order valence-corrected chi connectivity index (χ1v) is 13.7. The second-order valence-corrected chi connectivity index (χ2v) is 12.9. The number of anilines is 1. The summed E-state index contributed by atoms with van der Waals surface area (Å²) in [6, 6.07) is 8.77. The van der Waals surface area contributed by atoms with Crippen molar-refractivity contribution in [2.75, 3.05) is 18.5 Å². The fourth-order valence-electron chi connectivity index (χ4n) is 6.29. The van der Waals surface area contributed by atoms with Gasteiger partial charge in [0.2, 0.25) is 17.7 Å². The van der Waals surface area contributed by atoms with Crippen molar-refractivity contribution in [3.05, 3.63) is 30.3 Å². The van der Waals surface area contributed by atoms with Crippen molar-refractivity contribution in [3.8, 4) is 0 Å². The SMILES string of the molecule is CC1C[C@H]2SC13C(C(=O)NC(C)(C)C)N(CCCCCCO)C(=O)[C@@H]3[C@H]2C(=O)Nc1ccccc1. The van der Waals surface area contributed by atoms with E-state index in [9.17, 15) is 14.4 Å². The molecule has 4 rings (SSSR count). The van der Waals surface area contributed by atoms with E-state index in [1.54, 1.807) is 16.7 Å². The number of thioether (sulfide) groups is 1. The minimum atomic E-state index is -0.596. The van der Waals surface area contributed by atoms with Gasteiger partial charge in [0.05, 0.1) is 16.6 Å². The lowest BCUT2D eigenvalue weighted by molar-refractivity contribution is -0.139. The van der Waals surface area contributed by atoms with Gasteiger partial charge in [0.25, 0.3) is 0 Å². The molecule has 7 nitrogen and oxygen atoms in total. The van der Waals surface area contributed by atoms with E-state index in [2.05, 4.69) is 17.6 Å². The third-order valence-corrected chi connectivity index (χ3v) is 9.72. The zero-order valence-electron chi connectivity index (χ0n) is 21.3. The predicted molar refractivity (Wildman–Crippen MR) is 139 cm³/mol. The van der Waals surface area contributed by atoms with Gasteiger partial charge in [0.1, 0.15) is 6.04 Å². The normalized spacial score (nSPS) is 31.5. The molecule has 192 valence electrons. The van der Waals surface area contributed by atoms with E-state index in [-0.39, 0.29) is 35.5 Å². The molecule has 3 N–H and O–H groups in total. The number of hydrogen-bond acceptors (Lipinski definition) is 5. The molecule has 0 saturated carbocycles. The average molecular weight is 502 g/mol. The molecule has 1 aromatic carbocycles. The molecule has 2 bridgehead atoms. The number of aliphatic hydroxyl groups is 1. The lowest BCUT2D eigenvalue weighted by Crippen LogP contribution is -2.59. The maximum Gasteiger partial charge on any atom is 0.244 e. The summed E-state index contributed by atoms with van der Waals surface area (Å²) in [5.74, 6) is -1.10. The Morgan fingerprint density at radius 3 is 2.46 bits per heavy atom. The molecule has 3 fully saturated rings. The van der Waals surface area contributed by atoms with Gasteiger partial charge in [-0.3, -0.25) is 14.4 Å². The Hall–Kier alpha value is -2.06. The van der Waals surface area contributed by atoms with Crippen LogP contribution in [0, 0.1) is 17.8 Å². The smallest absolute Gasteiger partial charge is 0.244 e. The number of carbonyl (C=O) groups excluding carboxylic acids is 3. The van der Waals surface area contributed by atoms with E-state index in [4.69, 9.17) is 5.11 Å². The number of hydrogen-bond donors (Lipinski definition) is 3. The van der Waals surface area contributed by atoms with Gasteiger partial charge in [-0.15, -0.1) is 11.8 Å². The summed E-state index contributed by atoms with van der Waals surface area (Å²) in [7, 11) is 0. The molecule has 3 amide bonds. The van der Waals surface area contributed by atoms with Gasteiger partial charge in [0, 0.05) is 29.6 Å². The molecular formula is C27H39N3O4S. The van der Waals surface area contributed by atoms with Gasteiger partial charge in [-0.2, -0.15) is 0 Å². The lowest BCUT2D eigenvalue weighted by Gasteiger charge is -2.39. The zero-order valence-corrected chi connectivity index (χ0v) is 22.1. The molecular weight excluding hydrogens is 462 g/mol. The van der Waals surface area contributed by atoms with Gasteiger partial charge in [-0.1, -0.05) is 38.0 Å². The standard InChI is InChI=1S/C27H39N3O4S/c1-17-16-19-20(23(32)28-18-12-8-7-9-13-18)21-25(34)30(14-10-5-6-11-15-31)22(27(17,21)35-19)24(33)29-26(2,3)4/h7-9,12-13,17,19-22,31H,5-6,10-11,14-16H2,1-4H3,(H,28,32)(H,29,33)/t17?,19-,20+,21+,22?,27?/m1/s1. The highest BCUT2D eigenvalue weighted by Crippen LogP contribution is 2.68. The minimum absolute atomic E-state index is 0.0271. The highest BCUT2D eigenvalue weighted by molar-refractivity contribution is 8.02. The first kappa shape index (κ1) is 26.0. The highest BCUT2D eigenvalue weighted by Gasteiger charge is 2.75. The van der Waals surface area contributed by atoms with Crippen LogP contribution < -0.4 is 10.6 Å². The molecule has 3 aliphatic rings. The molecule has 0 aromatic heterocycles. The fourth-order valence-corrected chi connectivity index (χ4v) is 8.72. The molecule has 3 unspecified atom stereocenters. The van der Waals surface area contributed by atoms with Crippen LogP contribution in [-0.2, 0) is 14.4 Å². The second kappa shape index (κ2) is 10.1. The minimum Gasteiger partial charge on any atom is -0.396 e. The van der Waals surface area contributed by atoms with Crippen LogP contribution >= 0.6 is 11.8 Å². The number of nitrogens with zero attached hydrogens (tertiary/aromatic N) is 1. The quantitative estimate of drug-likeness (QED) is 0.451. The molecule has 35 heavy (non-hydrogen) atoms. The van der Waals surface area contributed by atoms with Crippen LogP contribution in [0.25, 0.3) is 0 Å². The number of amides is 3. The van der Waals surface area contributed by atoms with Crippen molar-refractivity contribution >= 4 is 35.2 Å². The molecule has 0 aliphatic carbocycles. The lowest BCUT2D eigenvalue weighted by atomic mass is 9.65. The van der Waals surface area contributed by atoms with Crippen molar-refractivity contribution in [2.24, 2.45) is 17.8 Å². The number of unbranched alkanes of at least 4 members (excludes halogenated alkanes) is 3. The average Bonchev–Trinajstić information content (AvgIpc) is 3.37. The van der Waals surface area contributed by atoms with Crippen molar-refractivity contribution in [2.45, 2.75) is 81.4 Å². The summed E-state index contributed by atoms with van der Waals surface area (Å²) in [6.07, 6.45) is 4.12. The first-order valence-electron chi connectivity index (χ1n) is 12.9. The Balaban J connectivity index is 1.64. The Bertz CT molecular complexity index is 949. The molecule has 1 spiro atoms. The van der Waals surface area contributed by atoms with Gasteiger partial charge >= 0.3 is 0 Å². The number of benzene rings is 1. The Morgan fingerprint density at radius 2 is 1.80 bits per heavy atom. The number of fused-ring (bicyclic) bond motifs is 1. The summed E-state index contributed by atoms with van der Waals surface area (Å²) < 4.78 is -0.596. The van der Waals surface area contributed by atoms with Gasteiger partial charge in [-0.25, -0.2) is 0 Å². The first-order chi connectivity index (χ1) is 16.6. The van der Waals surface area contributed by atoms with Gasteiger partial charge in [0.15, 0.2) is 0 Å². The third-order valence-electron chi connectivity index (χ3n) is 7.64. The molecule has 3 aliphatic heterocycles. The summed E-state index contributed by atoms with van der Waals surface area (Å²) in [5, 5.41) is 15.3. The summed E-state index contributed by atoms with van der Waals surface area (Å²) >= 11 is 1.70. The van der Waals surface area contributed by atoms with Crippen LogP contribution in [0.1, 0.15) is 59.8 Å². The highest BCUT2D eigenvalue weighted by atomic mass is 32.2.